The van der Waals surface area contributed by atoms with Crippen LogP contribution in [-0.4, -0.2) is 43.0 Å². The molecular formula is C12H14FN3O3. The number of aromatic nitrogens is 3. The summed E-state index contributed by atoms with van der Waals surface area (Å²) in [5, 5.41) is 35.1. The fraction of sp³-hybridized carbons (Fsp3) is 0.333. The summed E-state index contributed by atoms with van der Waals surface area (Å²) >= 11 is 0. The lowest BCUT2D eigenvalue weighted by atomic mass is 10.1. The highest BCUT2D eigenvalue weighted by atomic mass is 19.1. The highest BCUT2D eigenvalue weighted by Crippen LogP contribution is 2.23. The molecular weight excluding hydrogens is 253 g/mol. The predicted octanol–water partition coefficient (Wildman–Crippen LogP) is -0.0703. The van der Waals surface area contributed by atoms with Crippen LogP contribution >= 0.6 is 0 Å². The maximum absolute atomic E-state index is 13.3. The van der Waals surface area contributed by atoms with Crippen LogP contribution < -0.4 is 0 Å². The van der Waals surface area contributed by atoms with Gasteiger partial charge in [-0.05, 0) is 12.1 Å². The first-order chi connectivity index (χ1) is 9.15. The standard InChI is InChI=1S/C12H14FN3O3/c13-9-3-1-2-8(4-9)12-11(7-18)14-15-16(12)5-10(19)6-17/h1-4,10,17-19H,5-7H2. The molecule has 0 aliphatic rings. The van der Waals surface area contributed by atoms with E-state index in [1.807, 2.05) is 0 Å². The van der Waals surface area contributed by atoms with E-state index in [0.717, 1.165) is 0 Å². The van der Waals surface area contributed by atoms with Gasteiger partial charge in [-0.25, -0.2) is 9.07 Å². The fourth-order valence-electron chi connectivity index (χ4n) is 1.79. The molecule has 2 aromatic rings. The quantitative estimate of drug-likeness (QED) is 0.705. The molecule has 0 spiro atoms. The Morgan fingerprint density at radius 2 is 2.11 bits per heavy atom. The summed E-state index contributed by atoms with van der Waals surface area (Å²) in [7, 11) is 0. The van der Waals surface area contributed by atoms with Gasteiger partial charge in [0.25, 0.3) is 0 Å². The minimum atomic E-state index is -0.999. The lowest BCUT2D eigenvalue weighted by molar-refractivity contribution is 0.0782. The fourth-order valence-corrected chi connectivity index (χ4v) is 1.79. The van der Waals surface area contributed by atoms with Crippen LogP contribution in [0.15, 0.2) is 24.3 Å². The van der Waals surface area contributed by atoms with E-state index in [2.05, 4.69) is 10.3 Å². The van der Waals surface area contributed by atoms with E-state index >= 15 is 0 Å². The van der Waals surface area contributed by atoms with Crippen LogP contribution in [0.1, 0.15) is 5.69 Å². The highest BCUT2D eigenvalue weighted by molar-refractivity contribution is 5.61. The Bertz CT molecular complexity index is 559. The Labute approximate surface area is 108 Å². The average molecular weight is 267 g/mol. The summed E-state index contributed by atoms with van der Waals surface area (Å²) in [5.74, 6) is -0.420. The Morgan fingerprint density at radius 3 is 2.74 bits per heavy atom. The maximum atomic E-state index is 13.3. The summed E-state index contributed by atoms with van der Waals surface area (Å²) in [6.45, 7) is -0.757. The second-order valence-corrected chi connectivity index (χ2v) is 4.07. The minimum absolute atomic E-state index is 0.00927. The van der Waals surface area contributed by atoms with Crippen LogP contribution in [0.25, 0.3) is 11.3 Å². The van der Waals surface area contributed by atoms with E-state index in [1.54, 1.807) is 6.07 Å². The highest BCUT2D eigenvalue weighted by Gasteiger charge is 2.16. The van der Waals surface area contributed by atoms with E-state index in [0.29, 0.717) is 11.3 Å². The number of nitrogens with zero attached hydrogens (tertiary/aromatic N) is 3. The van der Waals surface area contributed by atoms with Gasteiger partial charge < -0.3 is 15.3 Å². The second-order valence-electron chi connectivity index (χ2n) is 4.07. The first-order valence-corrected chi connectivity index (χ1v) is 5.73. The molecule has 3 N–H and O–H groups in total. The summed E-state index contributed by atoms with van der Waals surface area (Å²) in [4.78, 5) is 0. The minimum Gasteiger partial charge on any atom is -0.394 e. The van der Waals surface area contributed by atoms with Crippen LogP contribution in [0.4, 0.5) is 4.39 Å². The van der Waals surface area contributed by atoms with Gasteiger partial charge in [-0.15, -0.1) is 5.10 Å². The molecule has 0 saturated carbocycles. The molecule has 0 aliphatic heterocycles. The van der Waals surface area contributed by atoms with E-state index < -0.39 is 18.5 Å². The number of hydrogen-bond acceptors (Lipinski definition) is 5. The smallest absolute Gasteiger partial charge is 0.123 e. The van der Waals surface area contributed by atoms with Gasteiger partial charge in [0, 0.05) is 5.56 Å². The molecule has 7 heteroatoms. The molecule has 1 aromatic heterocycles. The number of halogens is 1. The molecule has 6 nitrogen and oxygen atoms in total. The molecule has 2 rings (SSSR count). The number of aliphatic hydroxyl groups excluding tert-OH is 3. The van der Waals surface area contributed by atoms with Crippen LogP contribution in [0.5, 0.6) is 0 Å². The Hall–Kier alpha value is -1.83. The zero-order valence-corrected chi connectivity index (χ0v) is 10.1. The normalized spacial score (nSPS) is 12.6. The third-order valence-electron chi connectivity index (χ3n) is 2.65. The van der Waals surface area contributed by atoms with Crippen molar-refractivity contribution >= 4 is 0 Å². The van der Waals surface area contributed by atoms with Crippen molar-refractivity contribution in [3.05, 3.63) is 35.8 Å². The van der Waals surface area contributed by atoms with Crippen molar-refractivity contribution in [3.63, 3.8) is 0 Å². The van der Waals surface area contributed by atoms with Crippen molar-refractivity contribution in [2.24, 2.45) is 0 Å². The predicted molar refractivity (Wildman–Crippen MR) is 64.4 cm³/mol. The van der Waals surface area contributed by atoms with Gasteiger partial charge in [0.1, 0.15) is 11.5 Å². The van der Waals surface area contributed by atoms with Gasteiger partial charge in [-0.1, -0.05) is 17.3 Å². The van der Waals surface area contributed by atoms with Crippen molar-refractivity contribution in [1.29, 1.82) is 0 Å². The molecule has 1 unspecified atom stereocenters. The number of benzene rings is 1. The van der Waals surface area contributed by atoms with Crippen LogP contribution in [0.2, 0.25) is 0 Å². The largest absolute Gasteiger partial charge is 0.394 e. The van der Waals surface area contributed by atoms with Gasteiger partial charge in [0.2, 0.25) is 0 Å². The van der Waals surface area contributed by atoms with E-state index in [4.69, 9.17) is 5.11 Å². The van der Waals surface area contributed by atoms with Crippen LogP contribution in [0.3, 0.4) is 0 Å². The van der Waals surface area contributed by atoms with E-state index in [9.17, 15) is 14.6 Å². The average Bonchev–Trinajstić information content (AvgIpc) is 2.81. The molecule has 0 fully saturated rings. The first kappa shape index (κ1) is 13.6. The second kappa shape index (κ2) is 5.87. The lowest BCUT2D eigenvalue weighted by Crippen LogP contribution is -2.21. The molecule has 0 aliphatic carbocycles. The van der Waals surface area contributed by atoms with Crippen molar-refractivity contribution < 1.29 is 19.7 Å². The third kappa shape index (κ3) is 2.95. The van der Waals surface area contributed by atoms with Crippen molar-refractivity contribution in [2.45, 2.75) is 19.3 Å². The third-order valence-corrected chi connectivity index (χ3v) is 2.65. The molecule has 0 bridgehead atoms. The van der Waals surface area contributed by atoms with Gasteiger partial charge in [-0.3, -0.25) is 0 Å². The van der Waals surface area contributed by atoms with Crippen molar-refractivity contribution in [3.8, 4) is 11.3 Å². The monoisotopic (exact) mass is 267 g/mol. The van der Waals surface area contributed by atoms with Gasteiger partial charge in [0.15, 0.2) is 0 Å². The van der Waals surface area contributed by atoms with E-state index in [-0.39, 0.29) is 18.8 Å². The van der Waals surface area contributed by atoms with E-state index in [1.165, 1.54) is 22.9 Å². The van der Waals surface area contributed by atoms with Crippen molar-refractivity contribution in [1.82, 2.24) is 15.0 Å². The van der Waals surface area contributed by atoms with Crippen molar-refractivity contribution in [2.75, 3.05) is 6.61 Å². The topological polar surface area (TPSA) is 91.4 Å². The summed E-state index contributed by atoms with van der Waals surface area (Å²) < 4.78 is 14.6. The zero-order chi connectivity index (χ0) is 13.8. The summed E-state index contributed by atoms with van der Waals surface area (Å²) in [6.07, 6.45) is -0.999. The first-order valence-electron chi connectivity index (χ1n) is 5.73. The lowest BCUT2D eigenvalue weighted by Gasteiger charge is -2.10. The van der Waals surface area contributed by atoms with Crippen LogP contribution in [-0.2, 0) is 13.2 Å². The zero-order valence-electron chi connectivity index (χ0n) is 10.1. The number of rotatable bonds is 5. The molecule has 1 heterocycles. The molecule has 19 heavy (non-hydrogen) atoms. The molecule has 1 aromatic carbocycles. The maximum Gasteiger partial charge on any atom is 0.123 e. The Morgan fingerprint density at radius 1 is 1.32 bits per heavy atom. The Balaban J connectivity index is 2.44. The molecule has 0 radical (unpaired) electrons. The Kier molecular flexibility index (Phi) is 4.20. The SMILES string of the molecule is OCc1nnn(CC(O)CO)c1-c1cccc(F)c1. The molecule has 0 amide bonds. The molecule has 1 atom stereocenters. The summed E-state index contributed by atoms with van der Waals surface area (Å²) in [5.41, 5.74) is 1.21. The summed E-state index contributed by atoms with van der Waals surface area (Å²) in [6, 6.07) is 5.78. The van der Waals surface area contributed by atoms with Gasteiger partial charge in [-0.2, -0.15) is 0 Å². The number of hydrogen-bond donors (Lipinski definition) is 3. The molecule has 102 valence electrons. The van der Waals surface area contributed by atoms with Crippen LogP contribution in [0, 0.1) is 5.82 Å². The number of aliphatic hydroxyl groups is 3. The molecule has 0 saturated heterocycles. The van der Waals surface area contributed by atoms with Gasteiger partial charge >= 0.3 is 0 Å². The van der Waals surface area contributed by atoms with Gasteiger partial charge in [0.05, 0.1) is 31.6 Å².